The quantitative estimate of drug-likeness (QED) is 0.367. The van der Waals surface area contributed by atoms with Gasteiger partial charge in [0.25, 0.3) is 5.91 Å². The van der Waals surface area contributed by atoms with Crippen LogP contribution in [0, 0.1) is 11.8 Å². The highest BCUT2D eigenvalue weighted by Crippen LogP contribution is 2.47. The van der Waals surface area contributed by atoms with E-state index in [-0.39, 0.29) is 29.1 Å². The van der Waals surface area contributed by atoms with Crippen molar-refractivity contribution in [3.8, 4) is 5.75 Å². The van der Waals surface area contributed by atoms with Crippen molar-refractivity contribution < 1.29 is 28.0 Å². The Morgan fingerprint density at radius 1 is 1.19 bits per heavy atom. The number of ether oxygens (including phenoxy) is 3. The molecular formula is C36H47ClN4O6S. The summed E-state index contributed by atoms with van der Waals surface area (Å²) in [7, 11) is -2.08. The molecule has 2 aromatic rings. The number of urea groups is 1. The first-order valence-corrected chi connectivity index (χ1v) is 18.8. The fourth-order valence-corrected chi connectivity index (χ4v) is 9.24. The zero-order valence-corrected chi connectivity index (χ0v) is 30.0. The fourth-order valence-electron chi connectivity index (χ4n) is 7.49. The van der Waals surface area contributed by atoms with Crippen molar-refractivity contribution in [3.63, 3.8) is 0 Å². The van der Waals surface area contributed by atoms with E-state index < -0.39 is 27.5 Å². The van der Waals surface area contributed by atoms with E-state index in [4.69, 9.17) is 25.8 Å². The maximum absolute atomic E-state index is 14.8. The Bertz CT molecular complexity index is 1720. The van der Waals surface area contributed by atoms with Crippen LogP contribution in [0.1, 0.15) is 64.5 Å². The third-order valence-corrected chi connectivity index (χ3v) is 12.2. The number of fused-ring (bicyclic) bond motifs is 4. The van der Waals surface area contributed by atoms with Crippen molar-refractivity contribution in [3.05, 3.63) is 64.7 Å². The van der Waals surface area contributed by atoms with E-state index >= 15 is 0 Å². The van der Waals surface area contributed by atoms with E-state index in [0.717, 1.165) is 49.4 Å². The summed E-state index contributed by atoms with van der Waals surface area (Å²) in [6.45, 7) is 8.78. The van der Waals surface area contributed by atoms with E-state index in [1.807, 2.05) is 18.2 Å². The van der Waals surface area contributed by atoms with Crippen molar-refractivity contribution in [2.24, 2.45) is 16.2 Å². The molecule has 2 aliphatic heterocycles. The van der Waals surface area contributed by atoms with Crippen LogP contribution in [0.15, 0.2) is 57.8 Å². The molecule has 2 bridgehead atoms. The molecule has 2 aromatic carbocycles. The molecule has 0 saturated heterocycles. The van der Waals surface area contributed by atoms with Gasteiger partial charge in [0.2, 0.25) is 0 Å². The molecule has 6 rings (SSSR count). The Kier molecular flexibility index (Phi) is 9.88. The molecule has 3 amide bonds. The van der Waals surface area contributed by atoms with Crippen LogP contribution in [0.2, 0.25) is 5.02 Å². The van der Waals surface area contributed by atoms with Crippen LogP contribution in [-0.4, -0.2) is 67.3 Å². The third kappa shape index (κ3) is 6.97. The van der Waals surface area contributed by atoms with Gasteiger partial charge in [0, 0.05) is 36.7 Å². The molecule has 5 atom stereocenters. The minimum Gasteiger partial charge on any atom is -0.490 e. The Balaban J connectivity index is 1.50. The standard InChI is InChI=1S/C36H47ClN4O6S/c1-23(2)38-34(43)40-48(44)27-12-15-32-30(19-27)41(21-36(22-46-32)16-6-8-24-18-26(37)11-14-29(24)36)20-25-10-13-28(25)31(45-5)9-7-17-47-35(3,4)33(42)39-48/h7,9,11-12,14-15,18-19,23,25,28,31H,6,8,10,13,16-17,20-22H2,1-5H3,(H2,38,39,40,42,43,44)/t25-,28+,31-,36-,48-/m0/s1. The van der Waals surface area contributed by atoms with Crippen molar-refractivity contribution in [1.82, 2.24) is 10.0 Å². The molecule has 2 heterocycles. The van der Waals surface area contributed by atoms with Gasteiger partial charge in [0.15, 0.2) is 9.92 Å². The van der Waals surface area contributed by atoms with Crippen LogP contribution < -0.4 is 19.7 Å². The van der Waals surface area contributed by atoms with Gasteiger partial charge in [0.1, 0.15) is 11.4 Å². The SMILES string of the molecule is CO[C@H]1C=CCOC(C)(C)C(=O)N=[S@](=O)(NC(=O)NC(C)C)c2ccc3c(c2)N(C[C@@H]2CC[C@H]21)C[C@@]1(CCCc2cc(Cl)ccc21)CO3. The second-order valence-corrected chi connectivity index (χ2v) is 16.7. The molecule has 1 spiro atoms. The van der Waals surface area contributed by atoms with E-state index in [0.29, 0.717) is 30.7 Å². The summed E-state index contributed by atoms with van der Waals surface area (Å²) in [6.07, 6.45) is 8.78. The lowest BCUT2D eigenvalue weighted by Crippen LogP contribution is -2.49. The van der Waals surface area contributed by atoms with Gasteiger partial charge in [0.05, 0.1) is 29.9 Å². The van der Waals surface area contributed by atoms with Gasteiger partial charge in [-0.1, -0.05) is 29.8 Å². The van der Waals surface area contributed by atoms with Crippen LogP contribution in [0.5, 0.6) is 5.75 Å². The Morgan fingerprint density at radius 2 is 2.00 bits per heavy atom. The summed E-state index contributed by atoms with van der Waals surface area (Å²) >= 11 is 6.45. The van der Waals surface area contributed by atoms with Crippen LogP contribution in [-0.2, 0) is 36.0 Å². The van der Waals surface area contributed by atoms with Gasteiger partial charge < -0.3 is 24.4 Å². The number of anilines is 1. The Labute approximate surface area is 289 Å². The number of aryl methyl sites for hydroxylation is 1. The number of nitrogens with zero attached hydrogens (tertiary/aromatic N) is 2. The summed E-state index contributed by atoms with van der Waals surface area (Å²) in [6, 6.07) is 10.5. The number of rotatable bonds is 3. The van der Waals surface area contributed by atoms with Gasteiger partial charge in [-0.3, -0.25) is 4.79 Å². The fraction of sp³-hybridized carbons (Fsp3) is 0.556. The van der Waals surface area contributed by atoms with Crippen molar-refractivity contribution in [1.29, 1.82) is 0 Å². The van der Waals surface area contributed by atoms with Crippen LogP contribution >= 0.6 is 11.6 Å². The predicted molar refractivity (Wildman–Crippen MR) is 187 cm³/mol. The first-order valence-electron chi connectivity index (χ1n) is 16.9. The van der Waals surface area contributed by atoms with Gasteiger partial charge in [-0.15, -0.1) is 4.36 Å². The van der Waals surface area contributed by atoms with Crippen molar-refractivity contribution in [2.45, 2.75) is 87.9 Å². The highest BCUT2D eigenvalue weighted by Gasteiger charge is 2.44. The van der Waals surface area contributed by atoms with E-state index in [2.05, 4.69) is 31.4 Å². The molecule has 4 aliphatic rings. The topological polar surface area (TPSA) is 119 Å². The summed E-state index contributed by atoms with van der Waals surface area (Å²) in [4.78, 5) is 29.2. The van der Waals surface area contributed by atoms with Crippen LogP contribution in [0.3, 0.4) is 0 Å². The molecule has 0 radical (unpaired) electrons. The predicted octanol–water partition coefficient (Wildman–Crippen LogP) is 6.20. The first-order chi connectivity index (χ1) is 22.8. The van der Waals surface area contributed by atoms with Crippen molar-refractivity contribution in [2.75, 3.05) is 38.3 Å². The number of hydrogen-bond acceptors (Lipinski definition) is 7. The highest BCUT2D eigenvalue weighted by atomic mass is 35.5. The largest absolute Gasteiger partial charge is 0.490 e. The van der Waals surface area contributed by atoms with Crippen LogP contribution in [0.4, 0.5) is 10.5 Å². The Morgan fingerprint density at radius 3 is 2.73 bits per heavy atom. The number of halogens is 1. The van der Waals surface area contributed by atoms with Gasteiger partial charge in [-0.05, 0) is 113 Å². The monoisotopic (exact) mass is 698 g/mol. The molecule has 260 valence electrons. The van der Waals surface area contributed by atoms with E-state index in [1.54, 1.807) is 53.0 Å². The molecule has 1 fully saturated rings. The second kappa shape index (κ2) is 13.7. The number of carbonyl (C=O) groups is 2. The smallest absolute Gasteiger partial charge is 0.327 e. The molecule has 2 N–H and O–H groups in total. The second-order valence-electron chi connectivity index (χ2n) is 14.3. The maximum Gasteiger partial charge on any atom is 0.327 e. The molecular weight excluding hydrogens is 652 g/mol. The molecule has 2 aliphatic carbocycles. The van der Waals surface area contributed by atoms with Crippen LogP contribution in [0.25, 0.3) is 0 Å². The maximum atomic E-state index is 14.8. The highest BCUT2D eigenvalue weighted by molar-refractivity contribution is 7.92. The zero-order chi connectivity index (χ0) is 34.3. The van der Waals surface area contributed by atoms with Gasteiger partial charge in [-0.2, -0.15) is 0 Å². The molecule has 0 unspecified atom stereocenters. The van der Waals surface area contributed by atoms with Gasteiger partial charge >= 0.3 is 6.03 Å². The van der Waals surface area contributed by atoms with E-state index in [9.17, 15) is 13.8 Å². The number of nitrogens with one attached hydrogen (secondary N) is 2. The molecule has 1 saturated carbocycles. The summed E-state index contributed by atoms with van der Waals surface area (Å²) in [5.74, 6) is 0.522. The molecule has 0 aromatic heterocycles. The first kappa shape index (κ1) is 34.7. The minimum atomic E-state index is -3.81. The number of benzene rings is 2. The van der Waals surface area contributed by atoms with E-state index in [1.165, 1.54) is 11.1 Å². The zero-order valence-electron chi connectivity index (χ0n) is 28.4. The average molecular weight is 699 g/mol. The lowest BCUT2D eigenvalue weighted by atomic mass is 9.68. The third-order valence-electron chi connectivity index (χ3n) is 10.2. The average Bonchev–Trinajstić information content (AvgIpc) is 3.16. The molecule has 12 heteroatoms. The Hall–Kier alpha value is -3.12. The normalized spacial score (nSPS) is 29.9. The number of carbonyl (C=O) groups excluding carboxylic acids is 2. The minimum absolute atomic E-state index is 0.105. The lowest BCUT2D eigenvalue weighted by molar-refractivity contribution is -0.137. The number of methoxy groups -OCH3 is 1. The summed E-state index contributed by atoms with van der Waals surface area (Å²) < 4.78 is 40.1. The summed E-state index contributed by atoms with van der Waals surface area (Å²) in [5.41, 5.74) is 1.54. The molecule has 10 nitrogen and oxygen atoms in total. The number of hydrogen-bond donors (Lipinski definition) is 2. The van der Waals surface area contributed by atoms with Crippen molar-refractivity contribution >= 4 is 39.1 Å². The lowest BCUT2D eigenvalue weighted by Gasteiger charge is -2.46. The number of amides is 3. The molecule has 48 heavy (non-hydrogen) atoms. The summed E-state index contributed by atoms with van der Waals surface area (Å²) in [5, 5.41) is 3.44. The van der Waals surface area contributed by atoms with Gasteiger partial charge in [-0.25, -0.2) is 13.7 Å².